The van der Waals surface area contributed by atoms with Crippen LogP contribution in [0.4, 0.5) is 5.82 Å². The van der Waals surface area contributed by atoms with Crippen LogP contribution >= 0.6 is 0 Å². The third-order valence-corrected chi connectivity index (χ3v) is 5.19. The number of anilines is 1. The topological polar surface area (TPSA) is 75.0 Å². The normalized spacial score (nSPS) is 16.8. The van der Waals surface area contributed by atoms with Gasteiger partial charge in [-0.25, -0.2) is 15.0 Å². The number of aromatic nitrogens is 4. The minimum absolute atomic E-state index is 0.618. The molecule has 0 unspecified atom stereocenters. The highest BCUT2D eigenvalue weighted by Crippen LogP contribution is 2.35. The second-order valence-electron chi connectivity index (χ2n) is 7.22. The van der Waals surface area contributed by atoms with E-state index in [9.17, 15) is 5.11 Å². The molecule has 4 rings (SSSR count). The van der Waals surface area contributed by atoms with Gasteiger partial charge in [0.15, 0.2) is 5.65 Å². The van der Waals surface area contributed by atoms with E-state index >= 15 is 0 Å². The first kappa shape index (κ1) is 16.8. The van der Waals surface area contributed by atoms with Gasteiger partial charge in [0.25, 0.3) is 0 Å². The Hall–Kier alpha value is -2.60. The Kier molecular flexibility index (Phi) is 4.07. The summed E-state index contributed by atoms with van der Waals surface area (Å²) in [4.78, 5) is 20.1. The molecule has 0 aromatic carbocycles. The molecule has 1 aliphatic rings. The van der Waals surface area contributed by atoms with E-state index in [4.69, 9.17) is 0 Å². The van der Waals surface area contributed by atoms with Crippen LogP contribution in [0, 0.1) is 20.8 Å². The van der Waals surface area contributed by atoms with Crippen molar-refractivity contribution in [1.82, 2.24) is 19.9 Å². The van der Waals surface area contributed by atoms with Crippen molar-refractivity contribution < 1.29 is 5.11 Å². The summed E-state index contributed by atoms with van der Waals surface area (Å²) in [6, 6.07) is 6.00. The van der Waals surface area contributed by atoms with Crippen molar-refractivity contribution in [1.29, 1.82) is 0 Å². The fraction of sp³-hybridized carbons (Fsp3) is 0.400. The van der Waals surface area contributed by atoms with E-state index in [-0.39, 0.29) is 0 Å². The molecule has 0 atom stereocenters. The van der Waals surface area contributed by atoms with Crippen molar-refractivity contribution >= 4 is 16.9 Å². The molecule has 1 fully saturated rings. The van der Waals surface area contributed by atoms with Crippen LogP contribution in [0.2, 0.25) is 0 Å². The van der Waals surface area contributed by atoms with Crippen LogP contribution in [-0.4, -0.2) is 38.1 Å². The standard InChI is InChI=1S/C20H23N5O/c1-13-4-5-16(21-11-13)20(26)6-8-25(9-7-20)19-17-14(2)10-15(3)24-18(17)22-12-23-19/h4-5,10-12,26H,6-9H2,1-3H3. The third-order valence-electron chi connectivity index (χ3n) is 5.19. The predicted molar refractivity (Wildman–Crippen MR) is 101 cm³/mol. The van der Waals surface area contributed by atoms with Crippen LogP contribution in [0.5, 0.6) is 0 Å². The second kappa shape index (κ2) is 6.29. The largest absolute Gasteiger partial charge is 0.383 e. The van der Waals surface area contributed by atoms with E-state index in [0.29, 0.717) is 25.9 Å². The van der Waals surface area contributed by atoms with Crippen LogP contribution in [0.1, 0.15) is 35.4 Å². The maximum absolute atomic E-state index is 11.1. The maximum Gasteiger partial charge on any atom is 0.165 e. The van der Waals surface area contributed by atoms with E-state index in [1.54, 1.807) is 6.33 Å². The molecule has 0 aliphatic carbocycles. The van der Waals surface area contributed by atoms with Crippen LogP contribution in [0.3, 0.4) is 0 Å². The molecule has 0 amide bonds. The Bertz CT molecular complexity index is 946. The number of hydrogen-bond donors (Lipinski definition) is 1. The second-order valence-corrected chi connectivity index (χ2v) is 7.22. The van der Waals surface area contributed by atoms with Crippen LogP contribution in [0.15, 0.2) is 30.7 Å². The predicted octanol–water partition coefficient (Wildman–Crippen LogP) is 2.83. The molecule has 1 aliphatic heterocycles. The van der Waals surface area contributed by atoms with Gasteiger partial charge in [-0.15, -0.1) is 0 Å². The van der Waals surface area contributed by atoms with Gasteiger partial charge in [-0.2, -0.15) is 0 Å². The number of rotatable bonds is 2. The molecule has 6 heteroatoms. The molecule has 0 bridgehead atoms. The van der Waals surface area contributed by atoms with Crippen molar-refractivity contribution in [3.63, 3.8) is 0 Å². The van der Waals surface area contributed by atoms with Gasteiger partial charge < -0.3 is 10.0 Å². The number of hydrogen-bond acceptors (Lipinski definition) is 6. The highest BCUT2D eigenvalue weighted by atomic mass is 16.3. The molecule has 0 saturated carbocycles. The number of fused-ring (bicyclic) bond motifs is 1. The maximum atomic E-state index is 11.1. The highest BCUT2D eigenvalue weighted by molar-refractivity contribution is 5.90. The molecule has 1 saturated heterocycles. The lowest BCUT2D eigenvalue weighted by molar-refractivity contribution is 0.00752. The summed E-state index contributed by atoms with van der Waals surface area (Å²) in [5.41, 5.74) is 3.79. The molecule has 0 radical (unpaired) electrons. The number of aryl methyl sites for hydroxylation is 3. The van der Waals surface area contributed by atoms with Gasteiger partial charge >= 0.3 is 0 Å². The molecular weight excluding hydrogens is 326 g/mol. The molecule has 3 aromatic rings. The monoisotopic (exact) mass is 349 g/mol. The van der Waals surface area contributed by atoms with Gasteiger partial charge in [0.2, 0.25) is 0 Å². The lowest BCUT2D eigenvalue weighted by Crippen LogP contribution is -2.43. The summed E-state index contributed by atoms with van der Waals surface area (Å²) >= 11 is 0. The van der Waals surface area contributed by atoms with Crippen molar-refractivity contribution in [3.05, 3.63) is 53.2 Å². The Labute approximate surface area is 153 Å². The Morgan fingerprint density at radius 1 is 1.04 bits per heavy atom. The lowest BCUT2D eigenvalue weighted by Gasteiger charge is -2.38. The molecule has 26 heavy (non-hydrogen) atoms. The number of piperidine rings is 1. The highest BCUT2D eigenvalue weighted by Gasteiger charge is 2.36. The van der Waals surface area contributed by atoms with E-state index in [0.717, 1.165) is 39.4 Å². The zero-order chi connectivity index (χ0) is 18.3. The molecule has 0 spiro atoms. The molecule has 134 valence electrons. The van der Waals surface area contributed by atoms with Crippen molar-refractivity contribution in [3.8, 4) is 0 Å². The zero-order valence-electron chi connectivity index (χ0n) is 15.4. The van der Waals surface area contributed by atoms with Crippen molar-refractivity contribution in [2.75, 3.05) is 18.0 Å². The van der Waals surface area contributed by atoms with Crippen molar-refractivity contribution in [2.24, 2.45) is 0 Å². The SMILES string of the molecule is Cc1ccc(C2(O)CCN(c3ncnc4nc(C)cc(C)c34)CC2)nc1. The summed E-state index contributed by atoms with van der Waals surface area (Å²) in [7, 11) is 0. The Morgan fingerprint density at radius 3 is 2.50 bits per heavy atom. The summed E-state index contributed by atoms with van der Waals surface area (Å²) in [5, 5.41) is 12.1. The van der Waals surface area contributed by atoms with Crippen LogP contribution in [0.25, 0.3) is 11.0 Å². The third kappa shape index (κ3) is 2.90. The van der Waals surface area contributed by atoms with Gasteiger partial charge in [-0.3, -0.25) is 4.98 Å². The fourth-order valence-electron chi connectivity index (χ4n) is 3.72. The Morgan fingerprint density at radius 2 is 1.81 bits per heavy atom. The minimum atomic E-state index is -0.878. The number of pyridine rings is 2. The number of nitrogens with zero attached hydrogens (tertiary/aromatic N) is 5. The molecule has 3 aromatic heterocycles. The van der Waals surface area contributed by atoms with E-state index in [1.165, 1.54) is 0 Å². The molecule has 4 heterocycles. The van der Waals surface area contributed by atoms with E-state index in [1.807, 2.05) is 32.2 Å². The molecule has 1 N–H and O–H groups in total. The Balaban J connectivity index is 1.62. The summed E-state index contributed by atoms with van der Waals surface area (Å²) in [6.45, 7) is 7.48. The van der Waals surface area contributed by atoms with Crippen LogP contribution < -0.4 is 4.90 Å². The van der Waals surface area contributed by atoms with E-state index < -0.39 is 5.60 Å². The quantitative estimate of drug-likeness (QED) is 0.767. The first-order valence-electron chi connectivity index (χ1n) is 8.96. The minimum Gasteiger partial charge on any atom is -0.383 e. The lowest BCUT2D eigenvalue weighted by atomic mass is 9.87. The van der Waals surface area contributed by atoms with Gasteiger partial charge in [0.05, 0.1) is 11.1 Å². The van der Waals surface area contributed by atoms with Gasteiger partial charge in [-0.05, 0) is 56.9 Å². The summed E-state index contributed by atoms with van der Waals surface area (Å²) in [5.74, 6) is 0.902. The van der Waals surface area contributed by atoms with Gasteiger partial charge in [0.1, 0.15) is 17.7 Å². The first-order valence-corrected chi connectivity index (χ1v) is 8.96. The number of aliphatic hydroxyl groups is 1. The van der Waals surface area contributed by atoms with Crippen molar-refractivity contribution in [2.45, 2.75) is 39.2 Å². The fourth-order valence-corrected chi connectivity index (χ4v) is 3.72. The smallest absolute Gasteiger partial charge is 0.165 e. The average Bonchev–Trinajstić information content (AvgIpc) is 2.62. The summed E-state index contributed by atoms with van der Waals surface area (Å²) < 4.78 is 0. The average molecular weight is 349 g/mol. The van der Waals surface area contributed by atoms with Gasteiger partial charge in [0, 0.05) is 25.0 Å². The summed E-state index contributed by atoms with van der Waals surface area (Å²) in [6.07, 6.45) is 4.63. The molecule has 6 nitrogen and oxygen atoms in total. The zero-order valence-corrected chi connectivity index (χ0v) is 15.4. The van der Waals surface area contributed by atoms with Crippen LogP contribution in [-0.2, 0) is 5.60 Å². The van der Waals surface area contributed by atoms with Gasteiger partial charge in [-0.1, -0.05) is 6.07 Å². The molecular formula is C20H23N5O. The van der Waals surface area contributed by atoms with E-state index in [2.05, 4.69) is 37.8 Å². The first-order chi connectivity index (χ1) is 12.5.